The van der Waals surface area contributed by atoms with Crippen LogP contribution in [-0.4, -0.2) is 30.4 Å². The van der Waals surface area contributed by atoms with E-state index < -0.39 is 15.3 Å². The summed E-state index contributed by atoms with van der Waals surface area (Å²) >= 11 is 2.39. The predicted molar refractivity (Wildman–Crippen MR) is 109 cm³/mol. The number of carbonyl (C=O) groups is 1. The van der Waals surface area contributed by atoms with Gasteiger partial charge < -0.3 is 0 Å². The molecule has 2 aromatic rings. The summed E-state index contributed by atoms with van der Waals surface area (Å²) in [6.07, 6.45) is 5.06. The minimum Gasteiger partial charge on any atom is -0.286 e. The average Bonchev–Trinajstić information content (AvgIpc) is 3.32. The van der Waals surface area contributed by atoms with E-state index in [0.29, 0.717) is 5.17 Å². The van der Waals surface area contributed by atoms with Crippen LogP contribution in [0, 0.1) is 0 Å². The lowest BCUT2D eigenvalue weighted by molar-refractivity contribution is -0.128. The van der Waals surface area contributed by atoms with E-state index in [-0.39, 0.29) is 16.2 Å². The molecule has 2 fully saturated rings. The van der Waals surface area contributed by atoms with Crippen molar-refractivity contribution in [3.63, 3.8) is 0 Å². The topological polar surface area (TPSA) is 66.8 Å². The smallest absolute Gasteiger partial charge is 0.286 e. The van der Waals surface area contributed by atoms with Gasteiger partial charge in [0.1, 0.15) is 9.46 Å². The van der Waals surface area contributed by atoms with E-state index in [9.17, 15) is 13.2 Å². The molecule has 0 spiro atoms. The summed E-state index contributed by atoms with van der Waals surface area (Å²) in [6, 6.07) is 12.8. The Morgan fingerprint density at radius 2 is 1.74 bits per heavy atom. The van der Waals surface area contributed by atoms with Crippen molar-refractivity contribution in [3.8, 4) is 0 Å². The minimum atomic E-state index is -3.81. The molecular formula is C19H20N2O3S3. The van der Waals surface area contributed by atoms with Crippen molar-refractivity contribution in [2.24, 2.45) is 4.40 Å². The molecule has 8 heteroatoms. The Bertz CT molecular complexity index is 934. The first kappa shape index (κ1) is 18.7. The second-order valence-electron chi connectivity index (χ2n) is 6.69. The SMILES string of the molecule is O=C1C(c2ccccc2)SC(=NS(=O)(=O)c2cccs2)N1C1CCCCC1. The van der Waals surface area contributed by atoms with E-state index in [0.717, 1.165) is 49.0 Å². The monoisotopic (exact) mass is 420 g/mol. The van der Waals surface area contributed by atoms with Gasteiger partial charge in [-0.3, -0.25) is 9.69 Å². The third-order valence-corrected chi connectivity index (χ3v) is 8.84. The molecule has 1 aliphatic carbocycles. The maximum atomic E-state index is 13.2. The predicted octanol–water partition coefficient (Wildman–Crippen LogP) is 4.44. The molecule has 0 N–H and O–H groups in total. The van der Waals surface area contributed by atoms with Crippen molar-refractivity contribution < 1.29 is 13.2 Å². The average molecular weight is 421 g/mol. The fraction of sp³-hybridized carbons (Fsp3) is 0.368. The summed E-state index contributed by atoms with van der Waals surface area (Å²) in [6.45, 7) is 0. The number of sulfonamides is 1. The number of rotatable bonds is 4. The lowest BCUT2D eigenvalue weighted by atomic mass is 9.94. The normalized spacial score (nSPS) is 23.3. The Balaban J connectivity index is 1.73. The first-order valence-electron chi connectivity index (χ1n) is 8.99. The van der Waals surface area contributed by atoms with Gasteiger partial charge in [-0.25, -0.2) is 0 Å². The molecular weight excluding hydrogens is 400 g/mol. The molecule has 2 heterocycles. The number of benzene rings is 1. The quantitative estimate of drug-likeness (QED) is 0.733. The highest BCUT2D eigenvalue weighted by Gasteiger charge is 2.43. The van der Waals surface area contributed by atoms with Crippen LogP contribution >= 0.6 is 23.1 Å². The number of thioether (sulfide) groups is 1. The molecule has 1 aromatic heterocycles. The van der Waals surface area contributed by atoms with Gasteiger partial charge in [-0.15, -0.1) is 15.7 Å². The molecule has 1 atom stereocenters. The fourth-order valence-electron chi connectivity index (χ4n) is 3.57. The zero-order valence-corrected chi connectivity index (χ0v) is 17.1. The van der Waals surface area contributed by atoms with Crippen LogP contribution < -0.4 is 0 Å². The molecule has 142 valence electrons. The number of carbonyl (C=O) groups excluding carboxylic acids is 1. The molecule has 1 aromatic carbocycles. The summed E-state index contributed by atoms with van der Waals surface area (Å²) in [5.74, 6) is -0.0572. The minimum absolute atomic E-state index is 0.0322. The van der Waals surface area contributed by atoms with Gasteiger partial charge in [0.25, 0.3) is 10.0 Å². The lowest BCUT2D eigenvalue weighted by Gasteiger charge is -2.30. The molecule has 1 amide bonds. The van der Waals surface area contributed by atoms with Crippen LogP contribution in [-0.2, 0) is 14.8 Å². The molecule has 1 saturated carbocycles. The number of amides is 1. The third-order valence-electron chi connectivity index (χ3n) is 4.88. The number of thiophene rings is 1. The summed E-state index contributed by atoms with van der Waals surface area (Å²) in [7, 11) is -3.81. The van der Waals surface area contributed by atoms with Gasteiger partial charge in [-0.05, 0) is 29.9 Å². The largest absolute Gasteiger partial charge is 0.294 e. The lowest BCUT2D eigenvalue weighted by Crippen LogP contribution is -2.41. The Hall–Kier alpha value is -1.64. The van der Waals surface area contributed by atoms with E-state index in [1.54, 1.807) is 22.4 Å². The number of hydrogen-bond acceptors (Lipinski definition) is 5. The van der Waals surface area contributed by atoms with E-state index in [1.807, 2.05) is 30.3 Å². The first-order valence-corrected chi connectivity index (χ1v) is 12.2. The Kier molecular flexibility index (Phi) is 5.39. The second-order valence-corrected chi connectivity index (χ2v) is 10.5. The van der Waals surface area contributed by atoms with E-state index in [1.165, 1.54) is 11.8 Å². The maximum Gasteiger partial charge on any atom is 0.294 e. The molecule has 2 aliphatic rings. The molecule has 0 radical (unpaired) electrons. The Morgan fingerprint density at radius 1 is 1.00 bits per heavy atom. The van der Waals surface area contributed by atoms with Crippen molar-refractivity contribution in [3.05, 3.63) is 53.4 Å². The third kappa shape index (κ3) is 3.83. The number of amidine groups is 1. The summed E-state index contributed by atoms with van der Waals surface area (Å²) in [5.41, 5.74) is 0.882. The van der Waals surface area contributed by atoms with Gasteiger partial charge in [-0.2, -0.15) is 8.42 Å². The van der Waals surface area contributed by atoms with Gasteiger partial charge in [0.2, 0.25) is 5.91 Å². The molecule has 27 heavy (non-hydrogen) atoms. The molecule has 1 unspecified atom stereocenters. The molecule has 0 bridgehead atoms. The van der Waals surface area contributed by atoms with Gasteiger partial charge in [0, 0.05) is 6.04 Å². The molecule has 5 nitrogen and oxygen atoms in total. The van der Waals surface area contributed by atoms with Gasteiger partial charge in [0.05, 0.1) is 0 Å². The fourth-order valence-corrected chi connectivity index (χ4v) is 6.96. The Morgan fingerprint density at radius 3 is 2.41 bits per heavy atom. The van der Waals surface area contributed by atoms with Crippen LogP contribution in [0.1, 0.15) is 42.9 Å². The maximum absolute atomic E-state index is 13.2. The number of hydrogen-bond donors (Lipinski definition) is 0. The van der Waals surface area contributed by atoms with Crippen LogP contribution in [0.25, 0.3) is 0 Å². The van der Waals surface area contributed by atoms with Crippen LogP contribution in [0.15, 0.2) is 56.5 Å². The number of nitrogens with zero attached hydrogens (tertiary/aromatic N) is 2. The first-order chi connectivity index (χ1) is 13.1. The zero-order valence-electron chi connectivity index (χ0n) is 14.7. The van der Waals surface area contributed by atoms with E-state index >= 15 is 0 Å². The van der Waals surface area contributed by atoms with Gasteiger partial charge in [-0.1, -0.05) is 67.4 Å². The van der Waals surface area contributed by atoms with E-state index in [2.05, 4.69) is 4.40 Å². The van der Waals surface area contributed by atoms with Gasteiger partial charge >= 0.3 is 0 Å². The molecule has 1 saturated heterocycles. The van der Waals surface area contributed by atoms with Crippen molar-refractivity contribution in [1.82, 2.24) is 4.90 Å². The molecule has 1 aliphatic heterocycles. The van der Waals surface area contributed by atoms with E-state index in [4.69, 9.17) is 0 Å². The zero-order chi connectivity index (χ0) is 18.9. The Labute approximate surface area is 167 Å². The second kappa shape index (κ2) is 7.77. The van der Waals surface area contributed by atoms with Crippen LogP contribution in [0.3, 0.4) is 0 Å². The van der Waals surface area contributed by atoms with Crippen molar-refractivity contribution >= 4 is 44.2 Å². The van der Waals surface area contributed by atoms with Crippen molar-refractivity contribution in [2.45, 2.75) is 47.6 Å². The van der Waals surface area contributed by atoms with Crippen LogP contribution in [0.4, 0.5) is 0 Å². The summed E-state index contributed by atoms with van der Waals surface area (Å²) < 4.78 is 29.7. The highest BCUT2D eigenvalue weighted by Crippen LogP contribution is 2.43. The highest BCUT2D eigenvalue weighted by molar-refractivity contribution is 8.15. The summed E-state index contributed by atoms with van der Waals surface area (Å²) in [5, 5.41) is 1.59. The van der Waals surface area contributed by atoms with Crippen molar-refractivity contribution in [2.75, 3.05) is 0 Å². The molecule has 4 rings (SSSR count). The summed E-state index contributed by atoms with van der Waals surface area (Å²) in [4.78, 5) is 14.9. The van der Waals surface area contributed by atoms with Crippen LogP contribution in [0.5, 0.6) is 0 Å². The van der Waals surface area contributed by atoms with Crippen LogP contribution in [0.2, 0.25) is 0 Å². The van der Waals surface area contributed by atoms with Gasteiger partial charge in [0.15, 0.2) is 5.17 Å². The van der Waals surface area contributed by atoms with Crippen molar-refractivity contribution in [1.29, 1.82) is 0 Å². The standard InChI is InChI=1S/C19H20N2O3S3/c22-18-17(14-8-3-1-4-9-14)26-19(21(18)15-10-5-2-6-11-15)20-27(23,24)16-12-7-13-25-16/h1,3-4,7-9,12-13,15,17H,2,5-6,10-11H2. The highest BCUT2D eigenvalue weighted by atomic mass is 32.2.